The highest BCUT2D eigenvalue weighted by Gasteiger charge is 2.21. The van der Waals surface area contributed by atoms with Crippen LogP contribution in [0, 0.1) is 11.3 Å². The zero-order valence-electron chi connectivity index (χ0n) is 11.4. The first-order chi connectivity index (χ1) is 10.7. The van der Waals surface area contributed by atoms with Crippen molar-refractivity contribution in [3.05, 3.63) is 70.9 Å². The molecule has 0 fully saturated rings. The van der Waals surface area contributed by atoms with Gasteiger partial charge in [0.1, 0.15) is 27.8 Å². The van der Waals surface area contributed by atoms with E-state index in [1.807, 2.05) is 48.5 Å². The zero-order valence-corrected chi connectivity index (χ0v) is 13.0. The van der Waals surface area contributed by atoms with Gasteiger partial charge in [-0.25, -0.2) is 4.98 Å². The van der Waals surface area contributed by atoms with Crippen molar-refractivity contribution in [2.45, 2.75) is 5.38 Å². The fourth-order valence-corrected chi connectivity index (χ4v) is 3.32. The SMILES string of the molecule is N#C/C(=C(/O)C(Cl)c1ccccc1)c1nc2ccccc2s1. The van der Waals surface area contributed by atoms with Crippen LogP contribution < -0.4 is 0 Å². The summed E-state index contributed by atoms with van der Waals surface area (Å²) in [6.07, 6.45) is 0. The molecule has 0 bridgehead atoms. The molecule has 0 amide bonds. The van der Waals surface area contributed by atoms with Crippen LogP contribution in [0.1, 0.15) is 15.9 Å². The molecule has 1 aromatic heterocycles. The lowest BCUT2D eigenvalue weighted by Crippen LogP contribution is -1.98. The molecular weight excluding hydrogens is 316 g/mol. The first-order valence-corrected chi connectivity index (χ1v) is 7.84. The molecule has 0 spiro atoms. The second-order valence-electron chi connectivity index (χ2n) is 4.63. The lowest BCUT2D eigenvalue weighted by Gasteiger charge is -2.10. The molecule has 0 radical (unpaired) electrons. The van der Waals surface area contributed by atoms with E-state index >= 15 is 0 Å². The number of hydrogen-bond donors (Lipinski definition) is 1. The molecule has 3 nitrogen and oxygen atoms in total. The summed E-state index contributed by atoms with van der Waals surface area (Å²) in [6, 6.07) is 18.8. The van der Waals surface area contributed by atoms with E-state index in [9.17, 15) is 10.4 Å². The third-order valence-corrected chi connectivity index (χ3v) is 4.72. The van der Waals surface area contributed by atoms with Crippen LogP contribution in [0.2, 0.25) is 0 Å². The van der Waals surface area contributed by atoms with Gasteiger partial charge in [0.15, 0.2) is 0 Å². The number of nitrogens with zero attached hydrogens (tertiary/aromatic N) is 2. The molecule has 22 heavy (non-hydrogen) atoms. The third-order valence-electron chi connectivity index (χ3n) is 3.21. The summed E-state index contributed by atoms with van der Waals surface area (Å²) in [6.45, 7) is 0. The van der Waals surface area contributed by atoms with E-state index in [-0.39, 0.29) is 11.3 Å². The highest BCUT2D eigenvalue weighted by atomic mass is 35.5. The lowest BCUT2D eigenvalue weighted by molar-refractivity contribution is 0.397. The minimum atomic E-state index is -0.775. The quantitative estimate of drug-likeness (QED) is 0.415. The maximum absolute atomic E-state index is 10.4. The number of aromatic nitrogens is 1. The van der Waals surface area contributed by atoms with Gasteiger partial charge in [0.25, 0.3) is 0 Å². The van der Waals surface area contributed by atoms with Crippen LogP contribution in [0.4, 0.5) is 0 Å². The van der Waals surface area contributed by atoms with E-state index < -0.39 is 5.38 Å². The summed E-state index contributed by atoms with van der Waals surface area (Å²) in [5.74, 6) is -0.172. The van der Waals surface area contributed by atoms with Crippen LogP contribution in [0.15, 0.2) is 60.4 Å². The molecule has 1 atom stereocenters. The van der Waals surface area contributed by atoms with Gasteiger partial charge in [-0.15, -0.1) is 22.9 Å². The number of rotatable bonds is 3. The van der Waals surface area contributed by atoms with Crippen LogP contribution in [0.3, 0.4) is 0 Å². The molecule has 3 aromatic rings. The summed E-state index contributed by atoms with van der Waals surface area (Å²) in [5.41, 5.74) is 1.65. The van der Waals surface area contributed by atoms with Crippen molar-refractivity contribution in [1.29, 1.82) is 5.26 Å². The average molecular weight is 327 g/mol. The smallest absolute Gasteiger partial charge is 0.138 e. The van der Waals surface area contributed by atoms with Gasteiger partial charge >= 0.3 is 0 Å². The molecular formula is C17H11ClN2OS. The first-order valence-electron chi connectivity index (χ1n) is 6.59. The Balaban J connectivity index is 2.07. The number of nitriles is 1. The maximum atomic E-state index is 10.4. The predicted octanol–water partition coefficient (Wildman–Crippen LogP) is 5.07. The number of alkyl halides is 1. The van der Waals surface area contributed by atoms with Crippen LogP contribution in [0.5, 0.6) is 0 Å². The Hall–Kier alpha value is -2.35. The molecule has 2 aromatic carbocycles. The van der Waals surface area contributed by atoms with Gasteiger partial charge in [-0.3, -0.25) is 0 Å². The minimum absolute atomic E-state index is 0.116. The lowest BCUT2D eigenvalue weighted by atomic mass is 10.1. The van der Waals surface area contributed by atoms with Crippen molar-refractivity contribution >= 4 is 38.7 Å². The van der Waals surface area contributed by atoms with E-state index in [0.29, 0.717) is 5.01 Å². The topological polar surface area (TPSA) is 56.9 Å². The number of benzene rings is 2. The molecule has 5 heteroatoms. The van der Waals surface area contributed by atoms with Gasteiger partial charge in [0.2, 0.25) is 0 Å². The highest BCUT2D eigenvalue weighted by molar-refractivity contribution is 7.19. The van der Waals surface area contributed by atoms with Crippen LogP contribution >= 0.6 is 22.9 Å². The predicted molar refractivity (Wildman–Crippen MR) is 89.8 cm³/mol. The summed E-state index contributed by atoms with van der Waals surface area (Å²) in [7, 11) is 0. The van der Waals surface area contributed by atoms with E-state index in [2.05, 4.69) is 4.98 Å². The molecule has 0 aliphatic rings. The van der Waals surface area contributed by atoms with Crippen LogP contribution in [-0.4, -0.2) is 10.1 Å². The largest absolute Gasteiger partial charge is 0.509 e. The standard InChI is InChI=1S/C17H11ClN2OS/c18-15(11-6-2-1-3-7-11)16(21)12(10-19)17-20-13-8-4-5-9-14(13)22-17/h1-9,15,21H/b16-12-. The number of thiazole rings is 1. The third kappa shape index (κ3) is 2.69. The maximum Gasteiger partial charge on any atom is 0.138 e. The average Bonchev–Trinajstić information content (AvgIpc) is 2.99. The Morgan fingerprint density at radius 2 is 1.82 bits per heavy atom. The van der Waals surface area contributed by atoms with Crippen LogP contribution in [0.25, 0.3) is 15.8 Å². The Labute approximate surface area is 136 Å². The number of halogens is 1. The molecule has 1 heterocycles. The van der Waals surface area contributed by atoms with Gasteiger partial charge < -0.3 is 5.11 Å². The highest BCUT2D eigenvalue weighted by Crippen LogP contribution is 2.34. The number of aliphatic hydroxyl groups excluding tert-OH is 1. The van der Waals surface area contributed by atoms with Gasteiger partial charge in [-0.05, 0) is 17.7 Å². The molecule has 108 valence electrons. The van der Waals surface area contributed by atoms with Crippen molar-refractivity contribution in [3.63, 3.8) is 0 Å². The number of aliphatic hydroxyl groups is 1. The number of allylic oxidation sites excluding steroid dienone is 2. The van der Waals surface area contributed by atoms with E-state index in [1.165, 1.54) is 11.3 Å². The normalized spacial score (nSPS) is 13.5. The fraction of sp³-hybridized carbons (Fsp3) is 0.0588. The number of hydrogen-bond acceptors (Lipinski definition) is 4. The first kappa shape index (κ1) is 14.6. The summed E-state index contributed by atoms with van der Waals surface area (Å²) < 4.78 is 0.962. The van der Waals surface area contributed by atoms with Gasteiger partial charge in [-0.2, -0.15) is 5.26 Å². The van der Waals surface area contributed by atoms with Gasteiger partial charge in [0, 0.05) is 0 Å². The fourth-order valence-electron chi connectivity index (χ4n) is 2.10. The molecule has 0 aliphatic heterocycles. The van der Waals surface area contributed by atoms with Crippen molar-refractivity contribution < 1.29 is 5.11 Å². The molecule has 0 saturated carbocycles. The molecule has 0 aliphatic carbocycles. The number of fused-ring (bicyclic) bond motifs is 1. The summed E-state index contributed by atoms with van der Waals surface area (Å²) in [4.78, 5) is 4.40. The Morgan fingerprint density at radius 3 is 2.50 bits per heavy atom. The Kier molecular flexibility index (Phi) is 4.10. The molecule has 3 rings (SSSR count). The van der Waals surface area contributed by atoms with Gasteiger partial charge in [0.05, 0.1) is 10.2 Å². The van der Waals surface area contributed by atoms with Crippen molar-refractivity contribution in [1.82, 2.24) is 4.98 Å². The second kappa shape index (κ2) is 6.18. The molecule has 1 unspecified atom stereocenters. The zero-order chi connectivity index (χ0) is 15.5. The van der Waals surface area contributed by atoms with E-state index in [0.717, 1.165) is 15.8 Å². The minimum Gasteiger partial charge on any atom is -0.509 e. The Bertz CT molecular complexity index is 847. The van der Waals surface area contributed by atoms with Crippen molar-refractivity contribution in [3.8, 4) is 6.07 Å². The van der Waals surface area contributed by atoms with Gasteiger partial charge in [-0.1, -0.05) is 42.5 Å². The summed E-state index contributed by atoms with van der Waals surface area (Å²) >= 11 is 7.66. The van der Waals surface area contributed by atoms with E-state index in [1.54, 1.807) is 12.1 Å². The van der Waals surface area contributed by atoms with Crippen LogP contribution in [-0.2, 0) is 0 Å². The Morgan fingerprint density at radius 1 is 1.14 bits per heavy atom. The summed E-state index contributed by atoms with van der Waals surface area (Å²) in [5, 5.41) is 19.5. The number of para-hydroxylation sites is 1. The second-order valence-corrected chi connectivity index (χ2v) is 6.10. The van der Waals surface area contributed by atoms with E-state index in [4.69, 9.17) is 11.6 Å². The van der Waals surface area contributed by atoms with Crippen molar-refractivity contribution in [2.75, 3.05) is 0 Å². The monoisotopic (exact) mass is 326 g/mol. The van der Waals surface area contributed by atoms with Crippen molar-refractivity contribution in [2.24, 2.45) is 0 Å². The molecule has 0 saturated heterocycles. The molecule has 1 N–H and O–H groups in total.